The van der Waals surface area contributed by atoms with Crippen LogP contribution in [0.2, 0.25) is 5.02 Å². The molecule has 2 bridgehead atoms. The quantitative estimate of drug-likeness (QED) is 0.547. The second-order valence-corrected chi connectivity index (χ2v) is 10.5. The van der Waals surface area contributed by atoms with E-state index in [1.165, 1.54) is 0 Å². The van der Waals surface area contributed by atoms with Crippen LogP contribution in [0.4, 0.5) is 11.4 Å². The lowest BCUT2D eigenvalue weighted by molar-refractivity contribution is 0.0803. The molecular formula is C27H30ClN3O3. The maximum Gasteiger partial charge on any atom is 0.251 e. The van der Waals surface area contributed by atoms with Crippen LogP contribution in [0.1, 0.15) is 55.3 Å². The summed E-state index contributed by atoms with van der Waals surface area (Å²) in [5.41, 5.74) is 1.70. The maximum atomic E-state index is 13.1. The van der Waals surface area contributed by atoms with Crippen molar-refractivity contribution in [1.82, 2.24) is 5.32 Å². The lowest BCUT2D eigenvalue weighted by Gasteiger charge is -2.33. The number of rotatable bonds is 6. The Bertz CT molecular complexity index is 1100. The highest BCUT2D eigenvalue weighted by Crippen LogP contribution is 2.53. The van der Waals surface area contributed by atoms with Gasteiger partial charge in [0.1, 0.15) is 11.4 Å². The molecule has 0 atom stereocenters. The number of fused-ring (bicyclic) bond motifs is 2. The Kier molecular flexibility index (Phi) is 6.18. The van der Waals surface area contributed by atoms with E-state index >= 15 is 0 Å². The summed E-state index contributed by atoms with van der Waals surface area (Å²) in [5.74, 6) is 1.05. The molecule has 2 aliphatic carbocycles. The van der Waals surface area contributed by atoms with E-state index in [0.717, 1.165) is 63.7 Å². The number of nitrogens with one attached hydrogen (secondary N) is 1. The van der Waals surface area contributed by atoms with Gasteiger partial charge in [-0.05, 0) is 80.8 Å². The molecule has 3 fully saturated rings. The molecular weight excluding hydrogens is 450 g/mol. The molecule has 0 aromatic heterocycles. The first-order valence-corrected chi connectivity index (χ1v) is 12.5. The first kappa shape index (κ1) is 23.0. The molecule has 1 amide bonds. The standard InChI is InChI=1S/C27H30ClN3O3/c1-29-24-7-6-22(16-23(24)28)34-27-12-10-26(18-27,11-13-27)30-25(33)20-2-4-21(5-3-20)31-14-8-19(17-32)9-15-31/h2-7,16,19,32H,8-15,17-18H2,(H,30,33). The van der Waals surface area contributed by atoms with Crippen molar-refractivity contribution in [2.45, 2.75) is 56.1 Å². The molecule has 1 aliphatic heterocycles. The number of halogens is 1. The normalized spacial score (nSPS) is 26.3. The fourth-order valence-electron chi connectivity index (χ4n) is 5.86. The van der Waals surface area contributed by atoms with E-state index < -0.39 is 0 Å². The van der Waals surface area contributed by atoms with E-state index in [1.54, 1.807) is 18.2 Å². The Morgan fingerprint density at radius 1 is 1.15 bits per heavy atom. The van der Waals surface area contributed by atoms with Gasteiger partial charge in [0.05, 0.1) is 11.6 Å². The van der Waals surface area contributed by atoms with Gasteiger partial charge in [0.25, 0.3) is 5.91 Å². The number of nitrogens with zero attached hydrogens (tertiary/aromatic N) is 2. The van der Waals surface area contributed by atoms with Gasteiger partial charge < -0.3 is 20.1 Å². The summed E-state index contributed by atoms with van der Waals surface area (Å²) in [7, 11) is 0. The van der Waals surface area contributed by atoms with Gasteiger partial charge in [-0.3, -0.25) is 4.79 Å². The molecule has 5 rings (SSSR count). The van der Waals surface area contributed by atoms with Crippen molar-refractivity contribution in [2.75, 3.05) is 24.6 Å². The van der Waals surface area contributed by atoms with E-state index in [4.69, 9.17) is 22.9 Å². The molecule has 1 heterocycles. The number of aliphatic hydroxyl groups is 1. The largest absolute Gasteiger partial charge is 0.487 e. The van der Waals surface area contributed by atoms with Crippen molar-refractivity contribution < 1.29 is 14.6 Å². The summed E-state index contributed by atoms with van der Waals surface area (Å²) in [6, 6.07) is 13.1. The van der Waals surface area contributed by atoms with Crippen LogP contribution >= 0.6 is 11.6 Å². The molecule has 34 heavy (non-hydrogen) atoms. The van der Waals surface area contributed by atoms with E-state index in [1.807, 2.05) is 24.3 Å². The molecule has 6 nitrogen and oxygen atoms in total. The fourth-order valence-corrected chi connectivity index (χ4v) is 6.08. The van der Waals surface area contributed by atoms with Gasteiger partial charge in [-0.25, -0.2) is 4.85 Å². The average molecular weight is 480 g/mol. The Morgan fingerprint density at radius 3 is 2.47 bits per heavy atom. The molecule has 2 aromatic rings. The smallest absolute Gasteiger partial charge is 0.251 e. The zero-order valence-corrected chi connectivity index (χ0v) is 20.0. The second-order valence-electron chi connectivity index (χ2n) is 10.1. The number of hydrogen-bond donors (Lipinski definition) is 2. The van der Waals surface area contributed by atoms with Crippen molar-refractivity contribution in [3.05, 3.63) is 64.5 Å². The Labute approximate surface area is 205 Å². The number of aliphatic hydroxyl groups excluding tert-OH is 1. The maximum absolute atomic E-state index is 13.1. The molecule has 7 heteroatoms. The van der Waals surface area contributed by atoms with Crippen molar-refractivity contribution in [1.29, 1.82) is 0 Å². The molecule has 2 aromatic carbocycles. The third kappa shape index (κ3) is 4.47. The van der Waals surface area contributed by atoms with Crippen molar-refractivity contribution in [3.8, 4) is 5.75 Å². The van der Waals surface area contributed by atoms with Crippen LogP contribution in [0.25, 0.3) is 4.85 Å². The lowest BCUT2D eigenvalue weighted by Crippen LogP contribution is -2.45. The molecule has 178 valence electrons. The summed E-state index contributed by atoms with van der Waals surface area (Å²) in [5, 5.41) is 13.1. The number of amides is 1. The molecule has 3 aliphatic rings. The number of benzene rings is 2. The molecule has 2 N–H and O–H groups in total. The number of carbonyl (C=O) groups is 1. The van der Waals surface area contributed by atoms with E-state index in [9.17, 15) is 9.90 Å². The van der Waals surface area contributed by atoms with Gasteiger partial charge in [-0.15, -0.1) is 0 Å². The average Bonchev–Trinajstić information content (AvgIpc) is 3.39. The van der Waals surface area contributed by atoms with Crippen molar-refractivity contribution >= 4 is 28.9 Å². The Hall–Kier alpha value is -2.75. The predicted molar refractivity (Wildman–Crippen MR) is 133 cm³/mol. The predicted octanol–water partition coefficient (Wildman–Crippen LogP) is 5.36. The van der Waals surface area contributed by atoms with Crippen molar-refractivity contribution in [3.63, 3.8) is 0 Å². The van der Waals surface area contributed by atoms with Crippen LogP contribution in [-0.4, -0.2) is 41.9 Å². The summed E-state index contributed by atoms with van der Waals surface area (Å²) in [6.07, 6.45) is 6.35. The summed E-state index contributed by atoms with van der Waals surface area (Å²) in [6.45, 7) is 9.29. The van der Waals surface area contributed by atoms with E-state index in [0.29, 0.717) is 27.9 Å². The lowest BCUT2D eigenvalue weighted by atomic mass is 9.92. The van der Waals surface area contributed by atoms with Crippen LogP contribution in [0.15, 0.2) is 42.5 Å². The minimum atomic E-state index is -0.291. The van der Waals surface area contributed by atoms with Crippen LogP contribution in [0.3, 0.4) is 0 Å². The van der Waals surface area contributed by atoms with Gasteiger partial charge in [-0.2, -0.15) is 0 Å². The Morgan fingerprint density at radius 2 is 1.85 bits per heavy atom. The van der Waals surface area contributed by atoms with Crippen molar-refractivity contribution in [2.24, 2.45) is 5.92 Å². The number of carbonyl (C=O) groups excluding carboxylic acids is 1. The third-order valence-electron chi connectivity index (χ3n) is 7.90. The highest BCUT2D eigenvalue weighted by molar-refractivity contribution is 6.33. The third-order valence-corrected chi connectivity index (χ3v) is 8.20. The molecule has 1 saturated heterocycles. The van der Waals surface area contributed by atoms with Crippen LogP contribution < -0.4 is 15.0 Å². The monoisotopic (exact) mass is 479 g/mol. The van der Waals surface area contributed by atoms with Gasteiger partial charge in [0.2, 0.25) is 5.69 Å². The highest BCUT2D eigenvalue weighted by Gasteiger charge is 2.56. The first-order valence-electron chi connectivity index (χ1n) is 12.1. The zero-order chi connectivity index (χ0) is 23.8. The summed E-state index contributed by atoms with van der Waals surface area (Å²) < 4.78 is 6.39. The molecule has 0 spiro atoms. The van der Waals surface area contributed by atoms with Crippen LogP contribution in [0, 0.1) is 12.5 Å². The SMILES string of the molecule is [C-]#[N+]c1ccc(OC23CCC(NC(=O)c4ccc(N5CCC(CO)CC5)cc4)(CC2)C3)cc1Cl. The van der Waals surface area contributed by atoms with Crippen LogP contribution in [-0.2, 0) is 0 Å². The number of anilines is 1. The zero-order valence-electron chi connectivity index (χ0n) is 19.2. The number of hydrogen-bond acceptors (Lipinski definition) is 4. The van der Waals surface area contributed by atoms with E-state index in [2.05, 4.69) is 15.1 Å². The minimum absolute atomic E-state index is 0.0345. The summed E-state index contributed by atoms with van der Waals surface area (Å²) >= 11 is 6.19. The first-order chi connectivity index (χ1) is 16.4. The summed E-state index contributed by atoms with van der Waals surface area (Å²) in [4.78, 5) is 18.8. The van der Waals surface area contributed by atoms with Crippen LogP contribution in [0.5, 0.6) is 5.75 Å². The highest BCUT2D eigenvalue weighted by atomic mass is 35.5. The molecule has 0 radical (unpaired) electrons. The number of ether oxygens (including phenoxy) is 1. The Balaban J connectivity index is 1.20. The topological polar surface area (TPSA) is 66.2 Å². The van der Waals surface area contributed by atoms with Gasteiger partial charge >= 0.3 is 0 Å². The number of piperidine rings is 1. The van der Waals surface area contributed by atoms with Gasteiger partial charge in [-0.1, -0.05) is 17.7 Å². The van der Waals surface area contributed by atoms with Gasteiger partial charge in [0, 0.05) is 42.9 Å². The minimum Gasteiger partial charge on any atom is -0.487 e. The molecule has 0 unspecified atom stereocenters. The molecule has 2 saturated carbocycles. The van der Waals surface area contributed by atoms with E-state index in [-0.39, 0.29) is 23.7 Å². The van der Waals surface area contributed by atoms with Gasteiger partial charge in [0.15, 0.2) is 0 Å². The fraction of sp³-hybridized carbons (Fsp3) is 0.481. The second kappa shape index (κ2) is 9.13.